The number of carbonyl (C=O) groups is 1. The zero-order valence-corrected chi connectivity index (χ0v) is 18.0. The number of rotatable bonds is 9. The zero-order valence-electron chi connectivity index (χ0n) is 18.0. The number of benzene rings is 1. The average molecular weight is 412 g/mol. The number of ketones is 1. The maximum Gasteiger partial charge on any atom is 0.200 e. The minimum atomic E-state index is -0.169. The van der Waals surface area contributed by atoms with Crippen molar-refractivity contribution in [2.75, 3.05) is 6.54 Å². The van der Waals surface area contributed by atoms with E-state index in [0.717, 1.165) is 24.2 Å². The van der Waals surface area contributed by atoms with Crippen LogP contribution in [-0.4, -0.2) is 36.5 Å². The van der Waals surface area contributed by atoms with Gasteiger partial charge in [-0.1, -0.05) is 47.0 Å². The number of aromatic amines is 1. The summed E-state index contributed by atoms with van der Waals surface area (Å²) in [5.74, 6) is 0.297. The highest BCUT2D eigenvalue weighted by molar-refractivity contribution is 6.32. The maximum atomic E-state index is 13.2. The Morgan fingerprint density at radius 2 is 2.10 bits per heavy atom. The van der Waals surface area contributed by atoms with Crippen molar-refractivity contribution in [3.8, 4) is 11.3 Å². The fourth-order valence-corrected chi connectivity index (χ4v) is 3.09. The topological polar surface area (TPSA) is 83.3 Å². The van der Waals surface area contributed by atoms with E-state index in [1.807, 2.05) is 32.2 Å². The number of hydrogen-bond donors (Lipinski definition) is 2. The molecule has 0 saturated carbocycles. The van der Waals surface area contributed by atoms with Gasteiger partial charge in [0.15, 0.2) is 5.78 Å². The van der Waals surface area contributed by atoms with Crippen LogP contribution in [0, 0.1) is 6.92 Å². The first kappa shape index (κ1) is 22.1. The SMILES string of the molecule is [B]c1ccc(-c2noc(C)c2C(=O)c2c[nH]c(C(=C)NCC/C(C)=C/N=CC)c2)cc1. The molecule has 2 heterocycles. The molecule has 2 radical (unpaired) electrons. The Hall–Kier alpha value is -3.61. The Bertz CT molecular complexity index is 1140. The zero-order chi connectivity index (χ0) is 22.4. The van der Waals surface area contributed by atoms with Crippen molar-refractivity contribution in [1.29, 1.82) is 0 Å². The highest BCUT2D eigenvalue weighted by Gasteiger charge is 2.23. The summed E-state index contributed by atoms with van der Waals surface area (Å²) in [4.78, 5) is 20.4. The number of aliphatic imine (C=N–C) groups is 1. The lowest BCUT2D eigenvalue weighted by atomic mass is 9.93. The van der Waals surface area contributed by atoms with E-state index in [4.69, 9.17) is 12.4 Å². The Morgan fingerprint density at radius 3 is 2.81 bits per heavy atom. The van der Waals surface area contributed by atoms with Gasteiger partial charge in [-0.15, -0.1) is 0 Å². The van der Waals surface area contributed by atoms with Crippen molar-refractivity contribution in [2.45, 2.75) is 27.2 Å². The number of nitrogens with one attached hydrogen (secondary N) is 2. The van der Waals surface area contributed by atoms with Crippen molar-refractivity contribution >= 4 is 31.0 Å². The second kappa shape index (κ2) is 9.93. The number of nitrogens with zero attached hydrogens (tertiary/aromatic N) is 2. The summed E-state index contributed by atoms with van der Waals surface area (Å²) < 4.78 is 5.32. The molecule has 2 aromatic heterocycles. The van der Waals surface area contributed by atoms with Crippen LogP contribution in [0.2, 0.25) is 0 Å². The minimum absolute atomic E-state index is 0.169. The van der Waals surface area contributed by atoms with Crippen LogP contribution in [0.15, 0.2) is 64.4 Å². The minimum Gasteiger partial charge on any atom is -0.384 e. The molecule has 0 atom stereocenters. The molecule has 156 valence electrons. The smallest absolute Gasteiger partial charge is 0.200 e. The molecule has 0 fully saturated rings. The number of H-pyrrole nitrogens is 1. The molecular weight excluding hydrogens is 387 g/mol. The molecule has 0 saturated heterocycles. The maximum absolute atomic E-state index is 13.2. The largest absolute Gasteiger partial charge is 0.384 e. The fraction of sp³-hybridized carbons (Fsp3) is 0.208. The Kier molecular flexibility index (Phi) is 7.08. The molecular formula is C24H25BN4O2. The average Bonchev–Trinajstić information content (AvgIpc) is 3.39. The monoisotopic (exact) mass is 412 g/mol. The normalized spacial score (nSPS) is 11.8. The molecule has 3 aromatic rings. The van der Waals surface area contributed by atoms with Gasteiger partial charge in [-0.25, -0.2) is 0 Å². The van der Waals surface area contributed by atoms with Gasteiger partial charge in [-0.3, -0.25) is 9.79 Å². The van der Waals surface area contributed by atoms with Gasteiger partial charge in [0.25, 0.3) is 0 Å². The molecule has 31 heavy (non-hydrogen) atoms. The summed E-state index contributed by atoms with van der Waals surface area (Å²) in [6.45, 7) is 10.4. The summed E-state index contributed by atoms with van der Waals surface area (Å²) in [6, 6.07) is 8.95. The fourth-order valence-electron chi connectivity index (χ4n) is 3.09. The lowest BCUT2D eigenvalue weighted by Gasteiger charge is -2.07. The molecule has 0 bridgehead atoms. The van der Waals surface area contributed by atoms with E-state index in [2.05, 4.69) is 27.0 Å². The molecule has 7 heteroatoms. The van der Waals surface area contributed by atoms with Crippen molar-refractivity contribution in [2.24, 2.45) is 4.99 Å². The highest BCUT2D eigenvalue weighted by atomic mass is 16.5. The third-order valence-corrected chi connectivity index (χ3v) is 4.85. The van der Waals surface area contributed by atoms with Crippen LogP contribution in [0.25, 0.3) is 17.0 Å². The molecule has 0 aliphatic heterocycles. The van der Waals surface area contributed by atoms with Gasteiger partial charge in [0.05, 0.1) is 17.0 Å². The van der Waals surface area contributed by atoms with Crippen LogP contribution in [0.5, 0.6) is 0 Å². The van der Waals surface area contributed by atoms with Gasteiger partial charge in [0.1, 0.15) is 19.3 Å². The second-order valence-electron chi connectivity index (χ2n) is 7.25. The van der Waals surface area contributed by atoms with E-state index < -0.39 is 0 Å². The van der Waals surface area contributed by atoms with Gasteiger partial charge in [0, 0.05) is 36.3 Å². The molecule has 0 spiro atoms. The Balaban J connectivity index is 1.73. The predicted octanol–water partition coefficient (Wildman–Crippen LogP) is 3.95. The van der Waals surface area contributed by atoms with Gasteiger partial charge < -0.3 is 14.8 Å². The third-order valence-electron chi connectivity index (χ3n) is 4.85. The Labute approximate surface area is 183 Å². The lowest BCUT2D eigenvalue weighted by molar-refractivity contribution is 0.103. The van der Waals surface area contributed by atoms with Gasteiger partial charge in [-0.05, 0) is 33.3 Å². The number of carbonyl (C=O) groups excluding carboxylic acids is 1. The number of hydrogen-bond acceptors (Lipinski definition) is 5. The first-order valence-electron chi connectivity index (χ1n) is 10.0. The third kappa shape index (κ3) is 5.31. The standard InChI is InChI=1S/C24H25BN4O2/c1-5-26-13-15(2)10-11-27-16(3)21-12-19(14-28-21)24(30)22-17(4)31-29-23(22)18-6-8-20(25)9-7-18/h5-9,12-14,27-28H,3,10-11H2,1-2,4H3/b15-13+,26-5?. The van der Waals surface area contributed by atoms with E-state index >= 15 is 0 Å². The van der Waals surface area contributed by atoms with E-state index in [0.29, 0.717) is 33.7 Å². The van der Waals surface area contributed by atoms with E-state index in [1.54, 1.807) is 37.5 Å². The molecule has 0 aliphatic carbocycles. The van der Waals surface area contributed by atoms with Crippen LogP contribution in [0.3, 0.4) is 0 Å². The van der Waals surface area contributed by atoms with Gasteiger partial charge in [0.2, 0.25) is 0 Å². The molecule has 2 N–H and O–H groups in total. The lowest BCUT2D eigenvalue weighted by Crippen LogP contribution is -2.13. The molecule has 3 rings (SSSR count). The first-order valence-corrected chi connectivity index (χ1v) is 10.0. The van der Waals surface area contributed by atoms with Crippen LogP contribution >= 0.6 is 0 Å². The van der Waals surface area contributed by atoms with Crippen LogP contribution in [0.4, 0.5) is 0 Å². The number of aromatic nitrogens is 2. The first-order chi connectivity index (χ1) is 14.9. The van der Waals surface area contributed by atoms with Gasteiger partial charge >= 0.3 is 0 Å². The highest BCUT2D eigenvalue weighted by Crippen LogP contribution is 2.27. The second-order valence-corrected chi connectivity index (χ2v) is 7.25. The Morgan fingerprint density at radius 1 is 1.35 bits per heavy atom. The predicted molar refractivity (Wildman–Crippen MR) is 126 cm³/mol. The van der Waals surface area contributed by atoms with Crippen LogP contribution in [0.1, 0.15) is 47.6 Å². The number of aryl methyl sites for hydroxylation is 1. The van der Waals surface area contributed by atoms with E-state index in [-0.39, 0.29) is 5.78 Å². The quantitative estimate of drug-likeness (QED) is 0.317. The van der Waals surface area contributed by atoms with Gasteiger partial charge in [-0.2, -0.15) is 0 Å². The van der Waals surface area contributed by atoms with Crippen LogP contribution < -0.4 is 10.8 Å². The van der Waals surface area contributed by atoms with Crippen molar-refractivity contribution in [3.05, 3.63) is 77.5 Å². The summed E-state index contributed by atoms with van der Waals surface area (Å²) in [5, 5.41) is 7.37. The molecule has 1 aromatic carbocycles. The van der Waals surface area contributed by atoms with Crippen LogP contribution in [-0.2, 0) is 0 Å². The molecule has 6 nitrogen and oxygen atoms in total. The van der Waals surface area contributed by atoms with E-state index in [1.165, 1.54) is 5.57 Å². The summed E-state index contributed by atoms with van der Waals surface area (Å²) in [5.41, 5.74) is 5.49. The van der Waals surface area contributed by atoms with Crippen molar-refractivity contribution in [3.63, 3.8) is 0 Å². The molecule has 0 unspecified atom stereocenters. The summed E-state index contributed by atoms with van der Waals surface area (Å²) in [7, 11) is 5.76. The summed E-state index contributed by atoms with van der Waals surface area (Å²) in [6.07, 6.45) is 6.11. The van der Waals surface area contributed by atoms with Crippen molar-refractivity contribution < 1.29 is 9.32 Å². The molecule has 0 aliphatic rings. The summed E-state index contributed by atoms with van der Waals surface area (Å²) >= 11 is 0. The molecule has 0 amide bonds. The van der Waals surface area contributed by atoms with Crippen molar-refractivity contribution in [1.82, 2.24) is 15.5 Å². The van der Waals surface area contributed by atoms with E-state index in [9.17, 15) is 4.79 Å².